The van der Waals surface area contributed by atoms with Crippen molar-refractivity contribution >= 4 is 33.4 Å². The number of methoxy groups -OCH3 is 1. The summed E-state index contributed by atoms with van der Waals surface area (Å²) in [6.07, 6.45) is 0. The van der Waals surface area contributed by atoms with Crippen molar-refractivity contribution in [3.63, 3.8) is 0 Å². The summed E-state index contributed by atoms with van der Waals surface area (Å²) in [4.78, 5) is 12.2. The molecule has 0 spiro atoms. The maximum absolute atomic E-state index is 12.2. The average molecular weight is 369 g/mol. The first-order valence-corrected chi connectivity index (χ1v) is 7.72. The van der Waals surface area contributed by atoms with Gasteiger partial charge in [-0.1, -0.05) is 24.3 Å². The number of benzene rings is 2. The van der Waals surface area contributed by atoms with Gasteiger partial charge in [-0.25, -0.2) is 0 Å². The van der Waals surface area contributed by atoms with E-state index in [-0.39, 0.29) is 5.91 Å². The molecule has 0 radical (unpaired) electrons. The van der Waals surface area contributed by atoms with Crippen LogP contribution in [0.2, 0.25) is 0 Å². The Hall–Kier alpha value is -1.52. The Morgan fingerprint density at radius 2 is 2.00 bits per heavy atom. The molecule has 0 aliphatic carbocycles. The molecule has 0 aromatic heterocycles. The second-order valence-electron chi connectivity index (χ2n) is 4.48. The van der Waals surface area contributed by atoms with Crippen molar-refractivity contribution in [3.05, 3.63) is 63.6 Å². The van der Waals surface area contributed by atoms with Crippen molar-refractivity contribution in [2.75, 3.05) is 7.11 Å². The fraction of sp³-hybridized carbons (Fsp3) is 0.188. The Labute approximate surface area is 137 Å². The summed E-state index contributed by atoms with van der Waals surface area (Å²) in [5, 5.41) is 2.89. The molecule has 0 saturated carbocycles. The van der Waals surface area contributed by atoms with Gasteiger partial charge >= 0.3 is 0 Å². The molecular weight excluding hydrogens is 354 g/mol. The van der Waals surface area contributed by atoms with Crippen molar-refractivity contribution in [3.8, 4) is 5.75 Å². The van der Waals surface area contributed by atoms with Crippen molar-refractivity contribution in [2.24, 2.45) is 0 Å². The molecule has 0 aliphatic heterocycles. The minimum atomic E-state index is -0.156. The van der Waals surface area contributed by atoms with Crippen molar-refractivity contribution < 1.29 is 9.53 Å². The molecule has 0 bridgehead atoms. The minimum Gasteiger partial charge on any atom is -0.497 e. The van der Waals surface area contributed by atoms with Gasteiger partial charge in [0.1, 0.15) is 5.75 Å². The number of carbonyl (C=O) groups is 1. The van der Waals surface area contributed by atoms with Crippen LogP contribution in [-0.4, -0.2) is 13.0 Å². The van der Waals surface area contributed by atoms with E-state index < -0.39 is 0 Å². The number of amides is 1. The lowest BCUT2D eigenvalue weighted by molar-refractivity contribution is 0.0950. The fourth-order valence-electron chi connectivity index (χ4n) is 1.91. The summed E-state index contributed by atoms with van der Waals surface area (Å²) in [5.74, 6) is 0.952. The molecular formula is C16H15BrClNO2. The van der Waals surface area contributed by atoms with Crippen LogP contribution in [-0.2, 0) is 12.4 Å². The van der Waals surface area contributed by atoms with E-state index in [1.807, 2.05) is 24.3 Å². The van der Waals surface area contributed by atoms with E-state index in [4.69, 9.17) is 16.3 Å². The smallest absolute Gasteiger partial charge is 0.252 e. The first kappa shape index (κ1) is 15.9. The average Bonchev–Trinajstić information content (AvgIpc) is 2.53. The van der Waals surface area contributed by atoms with Crippen LogP contribution in [0.5, 0.6) is 5.75 Å². The highest BCUT2D eigenvalue weighted by Gasteiger charge is 2.11. The summed E-state index contributed by atoms with van der Waals surface area (Å²) in [6.45, 7) is 0.452. The van der Waals surface area contributed by atoms with Gasteiger partial charge in [0, 0.05) is 16.9 Å². The van der Waals surface area contributed by atoms with Gasteiger partial charge in [0.05, 0.1) is 12.7 Å². The third-order valence-corrected chi connectivity index (χ3v) is 4.02. The zero-order valence-electron chi connectivity index (χ0n) is 11.5. The first-order valence-electron chi connectivity index (χ1n) is 6.39. The predicted molar refractivity (Wildman–Crippen MR) is 87.9 cm³/mol. The predicted octanol–water partition coefficient (Wildman–Crippen LogP) is 4.13. The number of carbonyl (C=O) groups excluding carboxylic acids is 1. The highest BCUT2D eigenvalue weighted by Crippen LogP contribution is 2.22. The summed E-state index contributed by atoms with van der Waals surface area (Å²) in [5.41, 5.74) is 2.59. The quantitative estimate of drug-likeness (QED) is 0.806. The summed E-state index contributed by atoms with van der Waals surface area (Å²) in [6, 6.07) is 13.1. The van der Waals surface area contributed by atoms with Gasteiger partial charge in [0.25, 0.3) is 5.91 Å². The van der Waals surface area contributed by atoms with Gasteiger partial charge in [0.2, 0.25) is 0 Å². The normalized spacial score (nSPS) is 10.2. The molecule has 2 rings (SSSR count). The monoisotopic (exact) mass is 367 g/mol. The van der Waals surface area contributed by atoms with Crippen molar-refractivity contribution in [2.45, 2.75) is 12.4 Å². The number of rotatable bonds is 5. The molecule has 2 aromatic carbocycles. The molecule has 1 amide bonds. The Morgan fingerprint density at radius 1 is 1.24 bits per heavy atom. The highest BCUT2D eigenvalue weighted by atomic mass is 79.9. The van der Waals surface area contributed by atoms with Gasteiger partial charge in [0.15, 0.2) is 0 Å². The molecule has 0 unspecified atom stereocenters. The zero-order chi connectivity index (χ0) is 15.2. The molecule has 1 N–H and O–H groups in total. The topological polar surface area (TPSA) is 38.3 Å². The third kappa shape index (κ3) is 4.22. The maximum atomic E-state index is 12.2. The highest BCUT2D eigenvalue weighted by molar-refractivity contribution is 9.10. The first-order chi connectivity index (χ1) is 10.1. The standard InChI is InChI=1S/C16H15BrClNO2/c1-21-13-5-6-15(17)14(8-13)16(20)19-10-12-4-2-3-11(7-12)9-18/h2-8H,9-10H2,1H3,(H,19,20). The Morgan fingerprint density at radius 3 is 2.71 bits per heavy atom. The maximum Gasteiger partial charge on any atom is 0.252 e. The molecule has 0 saturated heterocycles. The second-order valence-corrected chi connectivity index (χ2v) is 5.60. The molecule has 5 heteroatoms. The Bertz CT molecular complexity index is 646. The van der Waals surface area contributed by atoms with E-state index >= 15 is 0 Å². The van der Waals surface area contributed by atoms with E-state index in [0.717, 1.165) is 15.6 Å². The molecule has 21 heavy (non-hydrogen) atoms. The van der Waals surface area contributed by atoms with E-state index in [9.17, 15) is 4.79 Å². The summed E-state index contributed by atoms with van der Waals surface area (Å²) in [7, 11) is 1.57. The van der Waals surface area contributed by atoms with Crippen LogP contribution in [0, 0.1) is 0 Å². The molecule has 2 aromatic rings. The van der Waals surface area contributed by atoms with Gasteiger partial charge in [-0.15, -0.1) is 11.6 Å². The minimum absolute atomic E-state index is 0.156. The summed E-state index contributed by atoms with van der Waals surface area (Å²) < 4.78 is 5.87. The second kappa shape index (κ2) is 7.48. The molecule has 3 nitrogen and oxygen atoms in total. The van der Waals surface area contributed by atoms with Crippen LogP contribution in [0.4, 0.5) is 0 Å². The number of alkyl halides is 1. The van der Waals surface area contributed by atoms with Crippen LogP contribution in [0.15, 0.2) is 46.9 Å². The van der Waals surface area contributed by atoms with Crippen LogP contribution in [0.25, 0.3) is 0 Å². The van der Waals surface area contributed by atoms with Crippen LogP contribution in [0.1, 0.15) is 21.5 Å². The van der Waals surface area contributed by atoms with Gasteiger partial charge in [-0.05, 0) is 45.3 Å². The van der Waals surface area contributed by atoms with E-state index in [1.54, 1.807) is 25.3 Å². The van der Waals surface area contributed by atoms with Gasteiger partial charge in [-0.2, -0.15) is 0 Å². The van der Waals surface area contributed by atoms with Gasteiger partial charge < -0.3 is 10.1 Å². The lowest BCUT2D eigenvalue weighted by Crippen LogP contribution is -2.23. The Balaban J connectivity index is 2.07. The number of halogens is 2. The number of hydrogen-bond acceptors (Lipinski definition) is 2. The van der Waals surface area contributed by atoms with E-state index in [0.29, 0.717) is 23.7 Å². The lowest BCUT2D eigenvalue weighted by Gasteiger charge is -2.09. The Kier molecular flexibility index (Phi) is 5.65. The van der Waals surface area contributed by atoms with Crippen LogP contribution >= 0.6 is 27.5 Å². The number of nitrogens with one attached hydrogen (secondary N) is 1. The molecule has 110 valence electrons. The van der Waals surface area contributed by atoms with Crippen molar-refractivity contribution in [1.29, 1.82) is 0 Å². The van der Waals surface area contributed by atoms with Crippen LogP contribution < -0.4 is 10.1 Å². The molecule has 0 aliphatic rings. The van der Waals surface area contributed by atoms with Crippen LogP contribution in [0.3, 0.4) is 0 Å². The lowest BCUT2D eigenvalue weighted by atomic mass is 10.1. The van der Waals surface area contributed by atoms with Gasteiger partial charge in [-0.3, -0.25) is 4.79 Å². The van der Waals surface area contributed by atoms with E-state index in [1.165, 1.54) is 0 Å². The molecule has 0 heterocycles. The number of ether oxygens (including phenoxy) is 1. The zero-order valence-corrected chi connectivity index (χ0v) is 13.9. The van der Waals surface area contributed by atoms with Crippen molar-refractivity contribution in [1.82, 2.24) is 5.32 Å². The number of hydrogen-bond donors (Lipinski definition) is 1. The molecule has 0 fully saturated rings. The molecule has 0 atom stereocenters. The van der Waals surface area contributed by atoms with E-state index in [2.05, 4.69) is 21.2 Å². The summed E-state index contributed by atoms with van der Waals surface area (Å²) >= 11 is 9.18. The largest absolute Gasteiger partial charge is 0.497 e. The SMILES string of the molecule is COc1ccc(Br)c(C(=O)NCc2cccc(CCl)c2)c1. The third-order valence-electron chi connectivity index (χ3n) is 3.02. The fourth-order valence-corrected chi connectivity index (χ4v) is 2.50.